The number of aromatic nitrogens is 1. The molecule has 0 bridgehead atoms. The maximum Gasteiger partial charge on any atom is 0.435 e. The minimum atomic E-state index is -0.638. The van der Waals surface area contributed by atoms with Gasteiger partial charge in [0.05, 0.1) is 19.0 Å². The van der Waals surface area contributed by atoms with E-state index in [1.165, 1.54) is 25.6 Å². The van der Waals surface area contributed by atoms with Crippen molar-refractivity contribution in [3.05, 3.63) is 42.3 Å². The highest BCUT2D eigenvalue weighted by atomic mass is 19.1. The van der Waals surface area contributed by atoms with Gasteiger partial charge in [-0.05, 0) is 18.2 Å². The second kappa shape index (κ2) is 5.80. The summed E-state index contributed by atoms with van der Waals surface area (Å²) < 4.78 is 24.1. The summed E-state index contributed by atoms with van der Waals surface area (Å²) in [5.74, 6) is -0.0378. The fourth-order valence-corrected chi connectivity index (χ4v) is 2.03. The number of hydrazone groups is 1. The van der Waals surface area contributed by atoms with Gasteiger partial charge in [0.2, 0.25) is 5.88 Å². The molecule has 2 aromatic rings. The van der Waals surface area contributed by atoms with E-state index in [0.717, 1.165) is 5.01 Å². The number of cyclic esters (lactones) is 1. The van der Waals surface area contributed by atoms with Crippen LogP contribution in [0.25, 0.3) is 11.1 Å². The van der Waals surface area contributed by atoms with E-state index in [-0.39, 0.29) is 6.61 Å². The van der Waals surface area contributed by atoms with Crippen LogP contribution in [0.4, 0.5) is 14.9 Å². The van der Waals surface area contributed by atoms with Gasteiger partial charge in [-0.2, -0.15) is 10.1 Å². The molecule has 0 spiro atoms. The molecule has 1 aromatic carbocycles. The van der Waals surface area contributed by atoms with Gasteiger partial charge in [0.25, 0.3) is 0 Å². The molecule has 0 saturated carbocycles. The fourth-order valence-electron chi connectivity index (χ4n) is 2.03. The number of methoxy groups -OCH3 is 1. The maximum absolute atomic E-state index is 14.3. The number of halogens is 1. The van der Waals surface area contributed by atoms with Crippen LogP contribution in [0.1, 0.15) is 0 Å². The van der Waals surface area contributed by atoms with Gasteiger partial charge in [-0.1, -0.05) is 0 Å². The van der Waals surface area contributed by atoms with E-state index >= 15 is 0 Å². The zero-order chi connectivity index (χ0) is 15.5. The second-order valence-electron chi connectivity index (χ2n) is 4.44. The van der Waals surface area contributed by atoms with Crippen LogP contribution in [-0.4, -0.2) is 31.0 Å². The Hall–Kier alpha value is -2.96. The van der Waals surface area contributed by atoms with Crippen molar-refractivity contribution in [1.29, 1.82) is 0 Å². The Labute approximate surface area is 125 Å². The molecule has 0 unspecified atom stereocenters. The van der Waals surface area contributed by atoms with Crippen LogP contribution in [-0.2, 0) is 4.74 Å². The number of pyridine rings is 1. The predicted molar refractivity (Wildman–Crippen MR) is 78.5 cm³/mol. The van der Waals surface area contributed by atoms with E-state index in [0.29, 0.717) is 22.7 Å². The van der Waals surface area contributed by atoms with Gasteiger partial charge < -0.3 is 9.47 Å². The van der Waals surface area contributed by atoms with Crippen LogP contribution in [0, 0.1) is 5.82 Å². The number of benzene rings is 1. The molecule has 112 valence electrons. The van der Waals surface area contributed by atoms with E-state index in [1.54, 1.807) is 24.3 Å². The van der Waals surface area contributed by atoms with Crippen molar-refractivity contribution in [1.82, 2.24) is 4.98 Å². The SMILES string of the molecule is COc1ccc(-c2ccc(N3N=CCOC3=O)cc2F)cn1. The molecular formula is C15H12FN3O3. The number of hydrogen-bond donors (Lipinski definition) is 0. The van der Waals surface area contributed by atoms with Crippen molar-refractivity contribution in [2.75, 3.05) is 18.7 Å². The van der Waals surface area contributed by atoms with Crippen molar-refractivity contribution in [2.24, 2.45) is 5.10 Å². The molecule has 2 heterocycles. The Morgan fingerprint density at radius 3 is 2.82 bits per heavy atom. The van der Waals surface area contributed by atoms with Crippen LogP contribution in [0.15, 0.2) is 41.6 Å². The third kappa shape index (κ3) is 2.60. The lowest BCUT2D eigenvalue weighted by molar-refractivity contribution is 0.167. The average molecular weight is 301 g/mol. The number of amides is 1. The van der Waals surface area contributed by atoms with Gasteiger partial charge >= 0.3 is 6.09 Å². The number of carbonyl (C=O) groups excluding carboxylic acids is 1. The quantitative estimate of drug-likeness (QED) is 0.874. The van der Waals surface area contributed by atoms with Crippen LogP contribution in [0.2, 0.25) is 0 Å². The zero-order valence-corrected chi connectivity index (χ0v) is 11.7. The number of nitrogens with zero attached hydrogens (tertiary/aromatic N) is 3. The van der Waals surface area contributed by atoms with Gasteiger partial charge in [0, 0.05) is 29.5 Å². The molecule has 0 N–H and O–H groups in total. The third-order valence-corrected chi connectivity index (χ3v) is 3.11. The molecule has 6 nitrogen and oxygen atoms in total. The van der Waals surface area contributed by atoms with E-state index in [4.69, 9.17) is 9.47 Å². The first-order chi connectivity index (χ1) is 10.7. The van der Waals surface area contributed by atoms with Crippen molar-refractivity contribution in [3.8, 4) is 17.0 Å². The van der Waals surface area contributed by atoms with Crippen molar-refractivity contribution in [2.45, 2.75) is 0 Å². The number of hydrogen-bond acceptors (Lipinski definition) is 5. The lowest BCUT2D eigenvalue weighted by atomic mass is 10.1. The minimum Gasteiger partial charge on any atom is -0.481 e. The Kier molecular flexibility index (Phi) is 3.69. The van der Waals surface area contributed by atoms with E-state index in [9.17, 15) is 9.18 Å². The molecule has 0 saturated heterocycles. The summed E-state index contributed by atoms with van der Waals surface area (Å²) in [6.07, 6.45) is 2.31. The van der Waals surface area contributed by atoms with Gasteiger partial charge in [-0.25, -0.2) is 14.2 Å². The Morgan fingerprint density at radius 2 is 2.18 bits per heavy atom. The summed E-state index contributed by atoms with van der Waals surface area (Å²) >= 11 is 0. The average Bonchev–Trinajstić information content (AvgIpc) is 2.55. The minimum absolute atomic E-state index is 0.118. The fraction of sp³-hybridized carbons (Fsp3) is 0.133. The maximum atomic E-state index is 14.3. The molecule has 0 atom stereocenters. The molecule has 1 aliphatic heterocycles. The topological polar surface area (TPSA) is 64.0 Å². The third-order valence-electron chi connectivity index (χ3n) is 3.11. The standard InChI is InChI=1S/C15H12FN3O3/c1-21-14-5-2-10(9-17-14)12-4-3-11(8-13(12)16)19-15(20)22-7-6-18-19/h2-6,8-9H,7H2,1H3. The Balaban J connectivity index is 1.93. The van der Waals surface area contributed by atoms with E-state index in [1.807, 2.05) is 0 Å². The summed E-state index contributed by atoms with van der Waals surface area (Å²) in [7, 11) is 1.51. The first-order valence-electron chi connectivity index (χ1n) is 6.48. The van der Waals surface area contributed by atoms with Gasteiger partial charge in [-0.3, -0.25) is 0 Å². The largest absolute Gasteiger partial charge is 0.481 e. The Morgan fingerprint density at radius 1 is 1.32 bits per heavy atom. The molecule has 7 heteroatoms. The highest BCUT2D eigenvalue weighted by Gasteiger charge is 2.20. The number of carbonyl (C=O) groups is 1. The molecule has 0 radical (unpaired) electrons. The van der Waals surface area contributed by atoms with Gasteiger partial charge in [0.1, 0.15) is 12.4 Å². The van der Waals surface area contributed by atoms with E-state index in [2.05, 4.69) is 10.1 Å². The second-order valence-corrected chi connectivity index (χ2v) is 4.44. The summed E-state index contributed by atoms with van der Waals surface area (Å²) in [6.45, 7) is 0.118. The highest BCUT2D eigenvalue weighted by molar-refractivity contribution is 5.91. The molecule has 1 amide bonds. The summed E-state index contributed by atoms with van der Waals surface area (Å²) in [6, 6.07) is 7.73. The summed E-state index contributed by atoms with van der Waals surface area (Å²) in [4.78, 5) is 15.6. The van der Waals surface area contributed by atoms with E-state index < -0.39 is 11.9 Å². The summed E-state index contributed by atoms with van der Waals surface area (Å²) in [5.41, 5.74) is 1.27. The first kappa shape index (κ1) is 14.0. The smallest absolute Gasteiger partial charge is 0.435 e. The molecule has 1 aromatic heterocycles. The highest BCUT2D eigenvalue weighted by Crippen LogP contribution is 2.28. The molecular weight excluding hydrogens is 289 g/mol. The van der Waals surface area contributed by atoms with Crippen LogP contribution < -0.4 is 9.75 Å². The van der Waals surface area contributed by atoms with Gasteiger partial charge in [0.15, 0.2) is 0 Å². The molecule has 1 aliphatic rings. The molecule has 0 aliphatic carbocycles. The normalized spacial score (nSPS) is 13.9. The lowest BCUT2D eigenvalue weighted by Crippen LogP contribution is -2.31. The zero-order valence-electron chi connectivity index (χ0n) is 11.7. The van der Waals surface area contributed by atoms with Crippen molar-refractivity contribution < 1.29 is 18.7 Å². The predicted octanol–water partition coefficient (Wildman–Crippen LogP) is 2.84. The van der Waals surface area contributed by atoms with Crippen molar-refractivity contribution in [3.63, 3.8) is 0 Å². The molecule has 0 fully saturated rings. The van der Waals surface area contributed by atoms with Crippen LogP contribution in [0.5, 0.6) is 5.88 Å². The van der Waals surface area contributed by atoms with Crippen molar-refractivity contribution >= 4 is 18.0 Å². The number of anilines is 1. The lowest BCUT2D eigenvalue weighted by Gasteiger charge is -2.20. The monoisotopic (exact) mass is 301 g/mol. The van der Waals surface area contributed by atoms with Gasteiger partial charge in [-0.15, -0.1) is 0 Å². The molecule has 22 heavy (non-hydrogen) atoms. The molecule has 3 rings (SSSR count). The Bertz CT molecular complexity index is 731. The van der Waals surface area contributed by atoms with Crippen LogP contribution >= 0.6 is 0 Å². The summed E-state index contributed by atoms with van der Waals surface area (Å²) in [5, 5.41) is 4.89. The van der Waals surface area contributed by atoms with Crippen LogP contribution in [0.3, 0.4) is 0 Å². The first-order valence-corrected chi connectivity index (χ1v) is 6.48. The number of rotatable bonds is 3. The number of ether oxygens (including phenoxy) is 2.